The number of nitrogens with one attached hydrogen (secondary N) is 1. The average molecular weight is 330 g/mol. The van der Waals surface area contributed by atoms with Crippen LogP contribution in [0.3, 0.4) is 0 Å². The van der Waals surface area contributed by atoms with Crippen LogP contribution >= 0.6 is 11.8 Å². The van der Waals surface area contributed by atoms with Gasteiger partial charge in [-0.1, -0.05) is 49.0 Å². The van der Waals surface area contributed by atoms with Gasteiger partial charge < -0.3 is 4.90 Å². The van der Waals surface area contributed by atoms with E-state index in [2.05, 4.69) is 34.2 Å². The van der Waals surface area contributed by atoms with Crippen LogP contribution in [0.4, 0.5) is 0 Å². The second-order valence-corrected chi connectivity index (χ2v) is 6.98. The molecule has 6 heteroatoms. The molecule has 0 saturated carbocycles. The minimum Gasteiger partial charge on any atom is -0.337 e. The highest BCUT2D eigenvalue weighted by Gasteiger charge is 2.30. The number of aromatic amines is 1. The van der Waals surface area contributed by atoms with Gasteiger partial charge in [0.25, 0.3) is 0 Å². The summed E-state index contributed by atoms with van der Waals surface area (Å²) >= 11 is 1.49. The van der Waals surface area contributed by atoms with Gasteiger partial charge in [-0.3, -0.25) is 9.89 Å². The predicted octanol–water partition coefficient (Wildman–Crippen LogP) is 3.04. The lowest BCUT2D eigenvalue weighted by Gasteiger charge is -2.31. The van der Waals surface area contributed by atoms with Crippen LogP contribution in [0.15, 0.2) is 35.5 Å². The van der Waals surface area contributed by atoms with Gasteiger partial charge in [0.2, 0.25) is 11.1 Å². The molecule has 1 aliphatic rings. The number of H-pyrrole nitrogens is 1. The van der Waals surface area contributed by atoms with Gasteiger partial charge in [0.1, 0.15) is 5.82 Å². The lowest BCUT2D eigenvalue weighted by molar-refractivity contribution is -0.133. The Bertz CT molecular complexity index is 643. The first-order chi connectivity index (χ1) is 11.3. The summed E-state index contributed by atoms with van der Waals surface area (Å²) in [6.07, 6.45) is 3.85. The van der Waals surface area contributed by atoms with Gasteiger partial charge in [0.15, 0.2) is 0 Å². The van der Waals surface area contributed by atoms with Crippen molar-refractivity contribution in [1.29, 1.82) is 0 Å². The van der Waals surface area contributed by atoms with Gasteiger partial charge in [0.05, 0.1) is 5.25 Å². The predicted molar refractivity (Wildman–Crippen MR) is 91.1 cm³/mol. The number of likely N-dealkylation sites (tertiary alicyclic amines) is 1. The zero-order valence-electron chi connectivity index (χ0n) is 13.4. The molecule has 2 aromatic rings. The van der Waals surface area contributed by atoms with Crippen LogP contribution in [0.25, 0.3) is 0 Å². The van der Waals surface area contributed by atoms with Gasteiger partial charge >= 0.3 is 0 Å². The minimum atomic E-state index is -0.0715. The summed E-state index contributed by atoms with van der Waals surface area (Å²) in [5.41, 5.74) is 1.18. The summed E-state index contributed by atoms with van der Waals surface area (Å²) in [5, 5.41) is 7.80. The average Bonchev–Trinajstić information content (AvgIpc) is 3.00. The third-order valence-electron chi connectivity index (χ3n) is 3.94. The number of aromatic nitrogens is 3. The van der Waals surface area contributed by atoms with Crippen LogP contribution < -0.4 is 0 Å². The number of nitrogens with zero attached hydrogens (tertiary/aromatic N) is 3. The van der Waals surface area contributed by atoms with Crippen molar-refractivity contribution in [3.8, 4) is 0 Å². The van der Waals surface area contributed by atoms with E-state index in [0.29, 0.717) is 11.7 Å². The molecule has 0 radical (unpaired) electrons. The SMILES string of the molecule is CCCc1nc(S[C@H]2CCCN(Cc3ccccc3)C2=O)n[nH]1. The van der Waals surface area contributed by atoms with E-state index in [9.17, 15) is 4.79 Å². The van der Waals surface area contributed by atoms with Crippen molar-refractivity contribution in [3.05, 3.63) is 41.7 Å². The van der Waals surface area contributed by atoms with Crippen molar-refractivity contribution >= 4 is 17.7 Å². The highest BCUT2D eigenvalue weighted by Crippen LogP contribution is 2.29. The number of piperidine rings is 1. The number of rotatable bonds is 6. The van der Waals surface area contributed by atoms with Gasteiger partial charge in [-0.15, -0.1) is 5.10 Å². The number of benzene rings is 1. The summed E-state index contributed by atoms with van der Waals surface area (Å²) in [5.74, 6) is 1.10. The normalized spacial score (nSPS) is 18.4. The standard InChI is InChI=1S/C17H22N4OS/c1-2-7-15-18-17(20-19-15)23-14-10-6-11-21(16(14)22)12-13-8-4-3-5-9-13/h3-5,8-9,14H,2,6-7,10-12H2,1H3,(H,18,19,20)/t14-/m0/s1. The smallest absolute Gasteiger partial charge is 0.236 e. The van der Waals surface area contributed by atoms with Crippen LogP contribution in [-0.4, -0.2) is 37.8 Å². The molecule has 0 aliphatic carbocycles. The second kappa shape index (κ2) is 7.64. The molecule has 3 rings (SSSR count). The highest BCUT2D eigenvalue weighted by atomic mass is 32.2. The van der Waals surface area contributed by atoms with E-state index in [0.717, 1.165) is 38.1 Å². The summed E-state index contributed by atoms with van der Waals surface area (Å²) in [6.45, 7) is 3.63. The van der Waals surface area contributed by atoms with Gasteiger partial charge in [-0.05, 0) is 24.8 Å². The van der Waals surface area contributed by atoms with Gasteiger partial charge in [-0.2, -0.15) is 0 Å². The zero-order chi connectivity index (χ0) is 16.1. The maximum Gasteiger partial charge on any atom is 0.236 e. The fourth-order valence-electron chi connectivity index (χ4n) is 2.78. The van der Waals surface area contributed by atoms with Crippen LogP contribution in [-0.2, 0) is 17.8 Å². The first-order valence-corrected chi connectivity index (χ1v) is 9.05. The summed E-state index contributed by atoms with van der Waals surface area (Å²) in [7, 11) is 0. The molecule has 0 spiro atoms. The zero-order valence-corrected chi connectivity index (χ0v) is 14.2. The monoisotopic (exact) mass is 330 g/mol. The Morgan fingerprint density at radius 2 is 2.17 bits per heavy atom. The number of hydrogen-bond acceptors (Lipinski definition) is 4. The molecule has 0 bridgehead atoms. The van der Waals surface area contributed by atoms with Crippen molar-refractivity contribution in [2.75, 3.05) is 6.54 Å². The van der Waals surface area contributed by atoms with E-state index in [1.807, 2.05) is 23.1 Å². The Balaban J connectivity index is 1.62. The van der Waals surface area contributed by atoms with E-state index >= 15 is 0 Å². The largest absolute Gasteiger partial charge is 0.337 e. The number of carbonyl (C=O) groups excluding carboxylic acids is 1. The molecule has 0 unspecified atom stereocenters. The minimum absolute atomic E-state index is 0.0715. The number of thioether (sulfide) groups is 1. The highest BCUT2D eigenvalue weighted by molar-refractivity contribution is 8.00. The van der Waals surface area contributed by atoms with E-state index in [4.69, 9.17) is 0 Å². The summed E-state index contributed by atoms with van der Waals surface area (Å²) in [6, 6.07) is 10.2. The Morgan fingerprint density at radius 3 is 2.96 bits per heavy atom. The number of carbonyl (C=O) groups is 1. The fourth-order valence-corrected chi connectivity index (χ4v) is 3.83. The van der Waals surface area contributed by atoms with Crippen molar-refractivity contribution in [1.82, 2.24) is 20.1 Å². The third kappa shape index (κ3) is 4.13. The molecule has 1 aromatic carbocycles. The summed E-state index contributed by atoms with van der Waals surface area (Å²) < 4.78 is 0. The first kappa shape index (κ1) is 16.1. The van der Waals surface area contributed by atoms with E-state index in [1.54, 1.807) is 0 Å². The molecule has 23 heavy (non-hydrogen) atoms. The quantitative estimate of drug-likeness (QED) is 0.884. The number of hydrogen-bond donors (Lipinski definition) is 1. The molecule has 1 fully saturated rings. The number of amides is 1. The molecule has 122 valence electrons. The Morgan fingerprint density at radius 1 is 1.35 bits per heavy atom. The Labute approximate surface area is 140 Å². The Kier molecular flexibility index (Phi) is 5.33. The molecule has 1 aliphatic heterocycles. The maximum absolute atomic E-state index is 12.7. The van der Waals surface area contributed by atoms with Gasteiger partial charge in [-0.25, -0.2) is 4.98 Å². The van der Waals surface area contributed by atoms with Crippen LogP contribution in [0.1, 0.15) is 37.6 Å². The lowest BCUT2D eigenvalue weighted by atomic mass is 10.1. The van der Waals surface area contributed by atoms with Crippen molar-refractivity contribution in [2.24, 2.45) is 0 Å². The molecule has 1 aromatic heterocycles. The second-order valence-electron chi connectivity index (χ2n) is 5.81. The molecular weight excluding hydrogens is 308 g/mol. The van der Waals surface area contributed by atoms with E-state index in [1.165, 1.54) is 17.3 Å². The van der Waals surface area contributed by atoms with E-state index in [-0.39, 0.29) is 11.2 Å². The number of aryl methyl sites for hydroxylation is 1. The molecular formula is C17H22N4OS. The third-order valence-corrected chi connectivity index (χ3v) is 5.06. The van der Waals surface area contributed by atoms with Crippen molar-refractivity contribution < 1.29 is 4.79 Å². The van der Waals surface area contributed by atoms with Gasteiger partial charge in [0, 0.05) is 19.5 Å². The molecule has 1 amide bonds. The fraction of sp³-hybridized carbons (Fsp3) is 0.471. The molecule has 5 nitrogen and oxygen atoms in total. The van der Waals surface area contributed by atoms with Crippen LogP contribution in [0.5, 0.6) is 0 Å². The van der Waals surface area contributed by atoms with Crippen molar-refractivity contribution in [2.45, 2.75) is 49.6 Å². The molecule has 1 N–H and O–H groups in total. The molecule has 1 saturated heterocycles. The van der Waals surface area contributed by atoms with E-state index < -0.39 is 0 Å². The first-order valence-electron chi connectivity index (χ1n) is 8.17. The van der Waals surface area contributed by atoms with Crippen molar-refractivity contribution in [3.63, 3.8) is 0 Å². The molecule has 2 heterocycles. The lowest BCUT2D eigenvalue weighted by Crippen LogP contribution is -2.42. The maximum atomic E-state index is 12.7. The van der Waals surface area contributed by atoms with Crippen LogP contribution in [0.2, 0.25) is 0 Å². The topological polar surface area (TPSA) is 61.9 Å². The Hall–Kier alpha value is -1.82. The summed E-state index contributed by atoms with van der Waals surface area (Å²) in [4.78, 5) is 19.1. The molecule has 1 atom stereocenters. The van der Waals surface area contributed by atoms with Crippen LogP contribution in [0, 0.1) is 0 Å².